The second-order valence-corrected chi connectivity index (χ2v) is 6.18. The van der Waals surface area contributed by atoms with Crippen LogP contribution >= 0.6 is 0 Å². The Morgan fingerprint density at radius 2 is 1.84 bits per heavy atom. The summed E-state index contributed by atoms with van der Waals surface area (Å²) in [5.74, 6) is 0.366. The molecule has 0 aromatic heterocycles. The molecule has 1 saturated carbocycles. The van der Waals surface area contributed by atoms with E-state index < -0.39 is 5.54 Å². The van der Waals surface area contributed by atoms with Gasteiger partial charge in [0.05, 0.1) is 12.6 Å². The molecule has 106 valence electrons. The predicted molar refractivity (Wildman–Crippen MR) is 74.4 cm³/mol. The minimum absolute atomic E-state index is 0.0107. The van der Waals surface area contributed by atoms with E-state index in [-0.39, 0.29) is 5.91 Å². The molecule has 0 bridgehead atoms. The summed E-state index contributed by atoms with van der Waals surface area (Å²) in [6.07, 6.45) is 8.37. The van der Waals surface area contributed by atoms with Gasteiger partial charge < -0.3 is 5.32 Å². The Bertz CT molecular complexity index is 351. The molecule has 1 saturated heterocycles. The molecule has 19 heavy (non-hydrogen) atoms. The molecule has 2 aliphatic rings. The summed E-state index contributed by atoms with van der Waals surface area (Å²) in [6.45, 7) is 4.33. The third kappa shape index (κ3) is 4.21. The average Bonchev–Trinajstić information content (AvgIpc) is 3.16. The van der Waals surface area contributed by atoms with Gasteiger partial charge in [-0.3, -0.25) is 9.69 Å². The third-order valence-electron chi connectivity index (χ3n) is 4.34. The summed E-state index contributed by atoms with van der Waals surface area (Å²) in [4.78, 5) is 14.3. The Hall–Kier alpha value is -1.08. The first-order chi connectivity index (χ1) is 9.14. The fraction of sp³-hybridized carbons (Fsp3) is 0.867. The minimum Gasteiger partial charge on any atom is -0.337 e. The van der Waals surface area contributed by atoms with Crippen molar-refractivity contribution in [3.8, 4) is 6.07 Å². The maximum absolute atomic E-state index is 12.1. The zero-order valence-corrected chi connectivity index (χ0v) is 12.0. The van der Waals surface area contributed by atoms with Crippen molar-refractivity contribution in [1.29, 1.82) is 5.26 Å². The van der Waals surface area contributed by atoms with E-state index in [1.165, 1.54) is 32.1 Å². The van der Waals surface area contributed by atoms with Gasteiger partial charge in [0.25, 0.3) is 0 Å². The number of hydrogen-bond donors (Lipinski definition) is 1. The molecule has 0 spiro atoms. The van der Waals surface area contributed by atoms with E-state index in [0.29, 0.717) is 12.5 Å². The summed E-state index contributed by atoms with van der Waals surface area (Å²) in [7, 11) is 0. The van der Waals surface area contributed by atoms with E-state index in [9.17, 15) is 10.1 Å². The lowest BCUT2D eigenvalue weighted by Gasteiger charge is -2.27. The van der Waals surface area contributed by atoms with Crippen molar-refractivity contribution in [1.82, 2.24) is 10.2 Å². The molecule has 0 aromatic rings. The van der Waals surface area contributed by atoms with Gasteiger partial charge in [0.2, 0.25) is 5.91 Å². The first-order valence-corrected chi connectivity index (χ1v) is 7.59. The lowest BCUT2D eigenvalue weighted by Crippen LogP contribution is -2.50. The Labute approximate surface area is 116 Å². The summed E-state index contributed by atoms with van der Waals surface area (Å²) >= 11 is 0. The van der Waals surface area contributed by atoms with Crippen molar-refractivity contribution < 1.29 is 4.79 Å². The fourth-order valence-corrected chi connectivity index (χ4v) is 2.89. The second kappa shape index (κ2) is 6.38. The van der Waals surface area contributed by atoms with Crippen molar-refractivity contribution in [2.75, 3.05) is 19.6 Å². The molecule has 1 unspecified atom stereocenters. The number of nitrogens with zero attached hydrogens (tertiary/aromatic N) is 2. The highest BCUT2D eigenvalue weighted by Crippen LogP contribution is 2.39. The fourth-order valence-electron chi connectivity index (χ4n) is 2.89. The molecule has 0 radical (unpaired) electrons. The SMILES string of the molecule is CC(C#N)(NC(=O)CN1CCCCCCC1)C1CC1. The van der Waals surface area contributed by atoms with Crippen LogP contribution in [0.25, 0.3) is 0 Å². The largest absolute Gasteiger partial charge is 0.337 e. The van der Waals surface area contributed by atoms with Crippen LogP contribution in [0.15, 0.2) is 0 Å². The van der Waals surface area contributed by atoms with Crippen LogP contribution in [-0.4, -0.2) is 36.0 Å². The Balaban J connectivity index is 1.81. The maximum atomic E-state index is 12.1. The van der Waals surface area contributed by atoms with E-state index >= 15 is 0 Å². The number of nitriles is 1. The number of carbonyl (C=O) groups is 1. The monoisotopic (exact) mass is 263 g/mol. The molecule has 2 fully saturated rings. The molecule has 1 aliphatic carbocycles. The van der Waals surface area contributed by atoms with Gasteiger partial charge in [-0.1, -0.05) is 19.3 Å². The van der Waals surface area contributed by atoms with Gasteiger partial charge in [-0.2, -0.15) is 5.26 Å². The van der Waals surface area contributed by atoms with Gasteiger partial charge in [-0.15, -0.1) is 0 Å². The topological polar surface area (TPSA) is 56.1 Å². The Kier molecular flexibility index (Phi) is 4.81. The van der Waals surface area contributed by atoms with Gasteiger partial charge in [-0.05, 0) is 51.6 Å². The molecule has 1 N–H and O–H groups in total. The van der Waals surface area contributed by atoms with E-state index in [0.717, 1.165) is 25.9 Å². The Morgan fingerprint density at radius 3 is 2.37 bits per heavy atom. The molecular formula is C15H25N3O. The van der Waals surface area contributed by atoms with Gasteiger partial charge in [0, 0.05) is 0 Å². The lowest BCUT2D eigenvalue weighted by atomic mass is 9.98. The van der Waals surface area contributed by atoms with Crippen LogP contribution in [0.3, 0.4) is 0 Å². The van der Waals surface area contributed by atoms with Gasteiger partial charge >= 0.3 is 0 Å². The van der Waals surface area contributed by atoms with Crippen LogP contribution in [0.4, 0.5) is 0 Å². The predicted octanol–water partition coefficient (Wildman–Crippen LogP) is 2.06. The number of amides is 1. The summed E-state index contributed by atoms with van der Waals surface area (Å²) in [6, 6.07) is 2.28. The molecule has 2 rings (SSSR count). The zero-order valence-electron chi connectivity index (χ0n) is 12.0. The lowest BCUT2D eigenvalue weighted by molar-refractivity contribution is -0.123. The molecule has 0 aromatic carbocycles. The summed E-state index contributed by atoms with van der Waals surface area (Å²) in [5, 5.41) is 12.2. The standard InChI is InChI=1S/C15H25N3O/c1-15(12-16,13-7-8-13)17-14(19)11-18-9-5-3-2-4-6-10-18/h13H,2-11H2,1H3,(H,17,19). The number of rotatable bonds is 4. The van der Waals surface area contributed by atoms with E-state index in [1.807, 2.05) is 6.92 Å². The average molecular weight is 263 g/mol. The molecule has 1 amide bonds. The first kappa shape index (κ1) is 14.3. The zero-order chi connectivity index (χ0) is 13.7. The number of nitrogens with one attached hydrogen (secondary N) is 1. The maximum Gasteiger partial charge on any atom is 0.235 e. The van der Waals surface area contributed by atoms with Crippen LogP contribution in [0.5, 0.6) is 0 Å². The molecular weight excluding hydrogens is 238 g/mol. The highest BCUT2D eigenvalue weighted by molar-refractivity contribution is 5.79. The number of carbonyl (C=O) groups excluding carboxylic acids is 1. The van der Waals surface area contributed by atoms with Crippen molar-refractivity contribution in [3.05, 3.63) is 0 Å². The highest BCUT2D eigenvalue weighted by Gasteiger charge is 2.43. The van der Waals surface area contributed by atoms with Gasteiger partial charge in [0.1, 0.15) is 5.54 Å². The van der Waals surface area contributed by atoms with E-state index in [1.54, 1.807) is 0 Å². The van der Waals surface area contributed by atoms with Crippen LogP contribution in [0.1, 0.15) is 51.9 Å². The van der Waals surface area contributed by atoms with Crippen molar-refractivity contribution in [2.45, 2.75) is 57.4 Å². The second-order valence-electron chi connectivity index (χ2n) is 6.18. The van der Waals surface area contributed by atoms with Gasteiger partial charge in [-0.25, -0.2) is 0 Å². The van der Waals surface area contributed by atoms with Crippen molar-refractivity contribution in [2.24, 2.45) is 5.92 Å². The smallest absolute Gasteiger partial charge is 0.235 e. The Morgan fingerprint density at radius 1 is 1.26 bits per heavy atom. The number of hydrogen-bond acceptors (Lipinski definition) is 3. The van der Waals surface area contributed by atoms with E-state index in [4.69, 9.17) is 0 Å². The van der Waals surface area contributed by atoms with Crippen LogP contribution in [-0.2, 0) is 4.79 Å². The molecule has 1 heterocycles. The van der Waals surface area contributed by atoms with Crippen molar-refractivity contribution >= 4 is 5.91 Å². The van der Waals surface area contributed by atoms with Crippen molar-refractivity contribution in [3.63, 3.8) is 0 Å². The van der Waals surface area contributed by atoms with E-state index in [2.05, 4.69) is 16.3 Å². The molecule has 1 aliphatic heterocycles. The summed E-state index contributed by atoms with van der Waals surface area (Å²) in [5.41, 5.74) is -0.653. The van der Waals surface area contributed by atoms with Crippen LogP contribution in [0.2, 0.25) is 0 Å². The molecule has 4 nitrogen and oxygen atoms in total. The molecule has 4 heteroatoms. The molecule has 1 atom stereocenters. The quantitative estimate of drug-likeness (QED) is 0.844. The normalized spacial score (nSPS) is 24.6. The first-order valence-electron chi connectivity index (χ1n) is 7.59. The summed E-state index contributed by atoms with van der Waals surface area (Å²) < 4.78 is 0. The van der Waals surface area contributed by atoms with Crippen LogP contribution < -0.4 is 5.32 Å². The van der Waals surface area contributed by atoms with Gasteiger partial charge in [0.15, 0.2) is 0 Å². The minimum atomic E-state index is -0.653. The highest BCUT2D eigenvalue weighted by atomic mass is 16.2. The van der Waals surface area contributed by atoms with Crippen LogP contribution in [0, 0.1) is 17.2 Å². The number of likely N-dealkylation sites (tertiary alicyclic amines) is 1. The third-order valence-corrected chi connectivity index (χ3v) is 4.34.